The Kier molecular flexibility index (Phi) is 6.48. The largest absolute Gasteiger partial charge is 0.465 e. The van der Waals surface area contributed by atoms with Gasteiger partial charge in [0.1, 0.15) is 6.04 Å². The molecule has 0 aliphatic rings. The molecule has 2 N–H and O–H groups in total. The van der Waals surface area contributed by atoms with Gasteiger partial charge in [-0.15, -0.1) is 0 Å². The lowest BCUT2D eigenvalue weighted by Gasteiger charge is -2.13. The Bertz CT molecular complexity index is 491. The van der Waals surface area contributed by atoms with E-state index in [9.17, 15) is 9.59 Å². The molecule has 110 valence electrons. The van der Waals surface area contributed by atoms with E-state index in [1.54, 1.807) is 26.0 Å². The second kappa shape index (κ2) is 7.87. The van der Waals surface area contributed by atoms with E-state index in [1.807, 2.05) is 13.0 Å². The van der Waals surface area contributed by atoms with E-state index in [-0.39, 0.29) is 18.4 Å². The van der Waals surface area contributed by atoms with Crippen molar-refractivity contribution in [3.63, 3.8) is 0 Å². The molecule has 0 aromatic heterocycles. The maximum Gasteiger partial charge on any atom is 0.322 e. The van der Waals surface area contributed by atoms with Gasteiger partial charge < -0.3 is 10.1 Å². The first-order valence-electron chi connectivity index (χ1n) is 6.40. The van der Waals surface area contributed by atoms with Gasteiger partial charge in [0.05, 0.1) is 13.2 Å². The Hall–Kier alpha value is -1.59. The number of ether oxygens (including phenoxy) is 1. The predicted octanol–water partition coefficient (Wildman–Crippen LogP) is 2.13. The van der Waals surface area contributed by atoms with Crippen LogP contribution in [0.15, 0.2) is 18.2 Å². The van der Waals surface area contributed by atoms with Crippen LogP contribution in [0.4, 0.5) is 5.69 Å². The van der Waals surface area contributed by atoms with E-state index in [0.29, 0.717) is 17.3 Å². The molecule has 1 amide bonds. The van der Waals surface area contributed by atoms with Gasteiger partial charge in [0.15, 0.2) is 0 Å². The van der Waals surface area contributed by atoms with Crippen LogP contribution in [-0.4, -0.2) is 31.1 Å². The predicted molar refractivity (Wildman–Crippen MR) is 78.9 cm³/mol. The van der Waals surface area contributed by atoms with E-state index in [0.717, 1.165) is 5.56 Å². The summed E-state index contributed by atoms with van der Waals surface area (Å²) in [7, 11) is 0. The lowest BCUT2D eigenvalue weighted by molar-refractivity contribution is -0.145. The number of anilines is 1. The van der Waals surface area contributed by atoms with Crippen LogP contribution in [0.3, 0.4) is 0 Å². The summed E-state index contributed by atoms with van der Waals surface area (Å²) in [6.45, 7) is 5.60. The van der Waals surface area contributed by atoms with Crippen LogP contribution in [0.1, 0.15) is 19.4 Å². The highest BCUT2D eigenvalue weighted by atomic mass is 35.5. The summed E-state index contributed by atoms with van der Waals surface area (Å²) in [5.74, 6) is -0.620. The minimum absolute atomic E-state index is 0.0198. The zero-order valence-corrected chi connectivity index (χ0v) is 12.6. The van der Waals surface area contributed by atoms with Crippen molar-refractivity contribution in [2.24, 2.45) is 0 Å². The van der Waals surface area contributed by atoms with Crippen molar-refractivity contribution in [3.05, 3.63) is 28.8 Å². The number of nitrogens with one attached hydrogen (secondary N) is 2. The molecule has 5 nitrogen and oxygen atoms in total. The van der Waals surface area contributed by atoms with Crippen molar-refractivity contribution in [2.75, 3.05) is 18.5 Å². The molecule has 0 radical (unpaired) electrons. The highest BCUT2D eigenvalue weighted by Crippen LogP contribution is 2.19. The Morgan fingerprint density at radius 2 is 2.10 bits per heavy atom. The number of hydrogen-bond donors (Lipinski definition) is 2. The summed E-state index contributed by atoms with van der Waals surface area (Å²) >= 11 is 5.88. The molecule has 0 aliphatic heterocycles. The first-order valence-corrected chi connectivity index (χ1v) is 6.77. The normalized spacial score (nSPS) is 11.8. The second-order valence-electron chi connectivity index (χ2n) is 4.36. The Morgan fingerprint density at radius 3 is 2.75 bits per heavy atom. The molecule has 0 aliphatic carbocycles. The molecule has 0 bridgehead atoms. The molecule has 1 aromatic carbocycles. The van der Waals surface area contributed by atoms with Crippen molar-refractivity contribution >= 4 is 29.2 Å². The SMILES string of the molecule is CCOC(=O)C(C)NCC(=O)Nc1cc(Cl)ccc1C. The topological polar surface area (TPSA) is 67.4 Å². The van der Waals surface area contributed by atoms with Gasteiger partial charge in [-0.05, 0) is 38.5 Å². The minimum Gasteiger partial charge on any atom is -0.465 e. The summed E-state index contributed by atoms with van der Waals surface area (Å²) in [6, 6.07) is 4.74. The maximum absolute atomic E-state index is 11.8. The van der Waals surface area contributed by atoms with E-state index >= 15 is 0 Å². The average Bonchev–Trinajstić information content (AvgIpc) is 2.40. The van der Waals surface area contributed by atoms with E-state index < -0.39 is 6.04 Å². The molecule has 1 aromatic rings. The summed E-state index contributed by atoms with van der Waals surface area (Å²) in [6.07, 6.45) is 0. The number of carbonyl (C=O) groups is 2. The third kappa shape index (κ3) is 5.19. The van der Waals surface area contributed by atoms with Gasteiger partial charge in [-0.3, -0.25) is 14.9 Å². The molecule has 20 heavy (non-hydrogen) atoms. The molecule has 1 rings (SSSR count). The Morgan fingerprint density at radius 1 is 1.40 bits per heavy atom. The van der Waals surface area contributed by atoms with Crippen molar-refractivity contribution in [2.45, 2.75) is 26.8 Å². The lowest BCUT2D eigenvalue weighted by Crippen LogP contribution is -2.40. The quantitative estimate of drug-likeness (QED) is 0.790. The standard InChI is InChI=1S/C14H19ClN2O3/c1-4-20-14(19)10(3)16-8-13(18)17-12-7-11(15)6-5-9(12)2/h5-7,10,16H,4,8H2,1-3H3,(H,17,18). The van der Waals surface area contributed by atoms with Crippen LogP contribution in [0.25, 0.3) is 0 Å². The number of hydrogen-bond acceptors (Lipinski definition) is 4. The van der Waals surface area contributed by atoms with Gasteiger partial charge in [0.2, 0.25) is 5.91 Å². The van der Waals surface area contributed by atoms with Crippen LogP contribution in [-0.2, 0) is 14.3 Å². The number of benzene rings is 1. The van der Waals surface area contributed by atoms with Crippen molar-refractivity contribution < 1.29 is 14.3 Å². The molecular formula is C14H19ClN2O3. The summed E-state index contributed by atoms with van der Waals surface area (Å²) in [4.78, 5) is 23.2. The van der Waals surface area contributed by atoms with E-state index in [2.05, 4.69) is 10.6 Å². The minimum atomic E-state index is -0.527. The van der Waals surface area contributed by atoms with Crippen molar-refractivity contribution in [1.82, 2.24) is 5.32 Å². The Balaban J connectivity index is 2.48. The second-order valence-corrected chi connectivity index (χ2v) is 4.80. The number of carbonyl (C=O) groups excluding carboxylic acids is 2. The van der Waals surface area contributed by atoms with Crippen molar-refractivity contribution in [1.29, 1.82) is 0 Å². The summed E-state index contributed by atoms with van der Waals surface area (Å²) < 4.78 is 4.84. The van der Waals surface area contributed by atoms with E-state index in [1.165, 1.54) is 0 Å². The van der Waals surface area contributed by atoms with Crippen LogP contribution in [0.2, 0.25) is 5.02 Å². The number of amides is 1. The molecule has 0 spiro atoms. The smallest absolute Gasteiger partial charge is 0.322 e. The van der Waals surface area contributed by atoms with Gasteiger partial charge in [0.25, 0.3) is 0 Å². The maximum atomic E-state index is 11.8. The monoisotopic (exact) mass is 298 g/mol. The average molecular weight is 299 g/mol. The molecule has 1 unspecified atom stereocenters. The van der Waals surface area contributed by atoms with Gasteiger partial charge in [-0.25, -0.2) is 0 Å². The fourth-order valence-corrected chi connectivity index (χ4v) is 1.69. The van der Waals surface area contributed by atoms with Crippen molar-refractivity contribution in [3.8, 4) is 0 Å². The molecule has 0 saturated heterocycles. The molecule has 1 atom stereocenters. The number of rotatable bonds is 6. The van der Waals surface area contributed by atoms with Crippen LogP contribution in [0, 0.1) is 6.92 Å². The molecule has 6 heteroatoms. The molecule has 0 heterocycles. The number of aryl methyl sites for hydroxylation is 1. The number of halogens is 1. The zero-order chi connectivity index (χ0) is 15.1. The zero-order valence-electron chi connectivity index (χ0n) is 11.8. The summed E-state index contributed by atoms with van der Waals surface area (Å²) in [5, 5.41) is 6.10. The fourth-order valence-electron chi connectivity index (χ4n) is 1.52. The molecular weight excluding hydrogens is 280 g/mol. The Labute approximate surface area is 123 Å². The van der Waals surface area contributed by atoms with Crippen LogP contribution in [0.5, 0.6) is 0 Å². The number of esters is 1. The van der Waals surface area contributed by atoms with E-state index in [4.69, 9.17) is 16.3 Å². The molecule has 0 fully saturated rings. The van der Waals surface area contributed by atoms with Gasteiger partial charge in [0, 0.05) is 10.7 Å². The summed E-state index contributed by atoms with van der Waals surface area (Å²) in [5.41, 5.74) is 1.58. The third-order valence-corrected chi connectivity index (χ3v) is 2.92. The highest BCUT2D eigenvalue weighted by Gasteiger charge is 2.14. The fraction of sp³-hybridized carbons (Fsp3) is 0.429. The van der Waals surface area contributed by atoms with Crippen LogP contribution < -0.4 is 10.6 Å². The lowest BCUT2D eigenvalue weighted by atomic mass is 10.2. The van der Waals surface area contributed by atoms with Crippen LogP contribution >= 0.6 is 11.6 Å². The first-order chi connectivity index (χ1) is 9.43. The third-order valence-electron chi connectivity index (χ3n) is 2.68. The van der Waals surface area contributed by atoms with Gasteiger partial charge >= 0.3 is 5.97 Å². The first kappa shape index (κ1) is 16.5. The van der Waals surface area contributed by atoms with Gasteiger partial charge in [-0.1, -0.05) is 17.7 Å². The van der Waals surface area contributed by atoms with Gasteiger partial charge in [-0.2, -0.15) is 0 Å². The highest BCUT2D eigenvalue weighted by molar-refractivity contribution is 6.31. The molecule has 0 saturated carbocycles.